The molecular weight excluding hydrogens is 769 g/mol. The Morgan fingerprint density at radius 3 is 0.919 bits per heavy atom. The Morgan fingerprint density at radius 2 is 0.613 bits per heavy atom. The first-order valence-electron chi connectivity index (χ1n) is 27.8. The fourth-order valence-electron chi connectivity index (χ4n) is 8.49. The predicted molar refractivity (Wildman–Crippen MR) is 266 cm³/mol. The number of esters is 3. The van der Waals surface area contributed by atoms with Crippen molar-refractivity contribution in [3.8, 4) is 0 Å². The van der Waals surface area contributed by atoms with Crippen molar-refractivity contribution in [2.75, 3.05) is 13.2 Å². The Morgan fingerprint density at radius 1 is 0.339 bits per heavy atom. The monoisotopic (exact) mass is 877 g/mol. The van der Waals surface area contributed by atoms with Gasteiger partial charge in [-0.05, 0) is 31.1 Å². The maximum Gasteiger partial charge on any atom is 0.306 e. The van der Waals surface area contributed by atoms with E-state index in [1.807, 2.05) is 0 Å². The van der Waals surface area contributed by atoms with Crippen LogP contribution in [0.15, 0.2) is 0 Å². The van der Waals surface area contributed by atoms with E-state index in [4.69, 9.17) is 14.2 Å². The first-order chi connectivity index (χ1) is 30.3. The van der Waals surface area contributed by atoms with Crippen LogP contribution in [0.2, 0.25) is 0 Å². The lowest BCUT2D eigenvalue weighted by Crippen LogP contribution is -2.30. The largest absolute Gasteiger partial charge is 0.462 e. The van der Waals surface area contributed by atoms with Gasteiger partial charge in [0, 0.05) is 19.3 Å². The highest BCUT2D eigenvalue weighted by Crippen LogP contribution is 2.18. The van der Waals surface area contributed by atoms with Crippen LogP contribution in [0.3, 0.4) is 0 Å². The molecule has 2 atom stereocenters. The van der Waals surface area contributed by atoms with E-state index in [-0.39, 0.29) is 31.1 Å². The van der Waals surface area contributed by atoms with Gasteiger partial charge < -0.3 is 14.2 Å². The van der Waals surface area contributed by atoms with Crippen LogP contribution in [0.5, 0.6) is 0 Å². The van der Waals surface area contributed by atoms with E-state index in [1.165, 1.54) is 199 Å². The summed E-state index contributed by atoms with van der Waals surface area (Å²) in [6.07, 6.45) is 51.0. The standard InChI is InChI=1S/C56H108O6/c1-6-8-9-10-11-12-26-31-36-41-46-54(57)60-49-53(50-61-55(58)47-42-37-32-28-23-24-29-34-39-44-51(3)4)62-56(59)48-43-38-33-27-22-20-18-16-14-13-15-17-19-21-25-30-35-40-45-52(5)7-2/h51-53H,6-50H2,1-5H3/t52?,53-/m0/s1. The van der Waals surface area contributed by atoms with Crippen molar-refractivity contribution in [1.82, 2.24) is 0 Å². The number of rotatable bonds is 50. The summed E-state index contributed by atoms with van der Waals surface area (Å²) in [6.45, 7) is 11.4. The molecule has 6 heteroatoms. The molecule has 0 aliphatic rings. The molecule has 0 aromatic heterocycles. The summed E-state index contributed by atoms with van der Waals surface area (Å²) in [7, 11) is 0. The SMILES string of the molecule is CCCCCCCCCCCCC(=O)OC[C@@H](COC(=O)CCCCCCCCCCCC(C)C)OC(=O)CCCCCCCCCCCCCCCCCCCCC(C)CC. The first kappa shape index (κ1) is 60.4. The fourth-order valence-corrected chi connectivity index (χ4v) is 8.49. The van der Waals surface area contributed by atoms with Crippen molar-refractivity contribution in [1.29, 1.82) is 0 Å². The van der Waals surface area contributed by atoms with Crippen molar-refractivity contribution >= 4 is 17.9 Å². The molecule has 0 saturated carbocycles. The maximum atomic E-state index is 12.8. The van der Waals surface area contributed by atoms with Crippen LogP contribution in [0.1, 0.15) is 311 Å². The van der Waals surface area contributed by atoms with Crippen LogP contribution in [0, 0.1) is 11.8 Å². The van der Waals surface area contributed by atoms with E-state index in [1.54, 1.807) is 0 Å². The van der Waals surface area contributed by atoms with Gasteiger partial charge in [-0.3, -0.25) is 14.4 Å². The third-order valence-corrected chi connectivity index (χ3v) is 13.1. The molecule has 0 N–H and O–H groups in total. The minimum atomic E-state index is -0.761. The van der Waals surface area contributed by atoms with Crippen LogP contribution in [-0.2, 0) is 28.6 Å². The summed E-state index contributed by atoms with van der Waals surface area (Å²) in [5.41, 5.74) is 0. The van der Waals surface area contributed by atoms with Crippen LogP contribution >= 0.6 is 0 Å². The molecule has 0 saturated heterocycles. The molecule has 0 bridgehead atoms. The molecule has 0 amide bonds. The third kappa shape index (κ3) is 47.9. The zero-order valence-corrected chi connectivity index (χ0v) is 42.5. The molecule has 6 nitrogen and oxygen atoms in total. The lowest BCUT2D eigenvalue weighted by molar-refractivity contribution is -0.167. The highest BCUT2D eigenvalue weighted by Gasteiger charge is 2.19. The Balaban J connectivity index is 4.20. The van der Waals surface area contributed by atoms with Crippen molar-refractivity contribution in [2.24, 2.45) is 11.8 Å². The van der Waals surface area contributed by atoms with Gasteiger partial charge in [-0.15, -0.1) is 0 Å². The van der Waals surface area contributed by atoms with Gasteiger partial charge in [0.15, 0.2) is 6.10 Å². The molecule has 0 aromatic carbocycles. The van der Waals surface area contributed by atoms with Crippen LogP contribution in [0.25, 0.3) is 0 Å². The van der Waals surface area contributed by atoms with Crippen molar-refractivity contribution in [3.63, 3.8) is 0 Å². The minimum Gasteiger partial charge on any atom is -0.462 e. The predicted octanol–water partition coefficient (Wildman–Crippen LogP) is 18.1. The summed E-state index contributed by atoms with van der Waals surface area (Å²) in [5.74, 6) is 0.871. The maximum absolute atomic E-state index is 12.8. The van der Waals surface area contributed by atoms with Gasteiger partial charge in [0.1, 0.15) is 13.2 Å². The van der Waals surface area contributed by atoms with Gasteiger partial charge in [0.2, 0.25) is 0 Å². The summed E-state index contributed by atoms with van der Waals surface area (Å²) in [4.78, 5) is 38.0. The normalized spacial score (nSPS) is 12.5. The summed E-state index contributed by atoms with van der Waals surface area (Å²) in [5, 5.41) is 0. The molecule has 0 fully saturated rings. The van der Waals surface area contributed by atoms with Crippen LogP contribution in [-0.4, -0.2) is 37.2 Å². The lowest BCUT2D eigenvalue weighted by Gasteiger charge is -2.18. The van der Waals surface area contributed by atoms with E-state index in [9.17, 15) is 14.4 Å². The molecular formula is C56H108O6. The number of unbranched alkanes of at least 4 members (excludes halogenated alkanes) is 34. The number of carbonyl (C=O) groups is 3. The highest BCUT2D eigenvalue weighted by atomic mass is 16.6. The van der Waals surface area contributed by atoms with Gasteiger partial charge in [-0.2, -0.15) is 0 Å². The van der Waals surface area contributed by atoms with E-state index < -0.39 is 6.10 Å². The van der Waals surface area contributed by atoms with Gasteiger partial charge in [-0.1, -0.05) is 272 Å². The Labute approximate surface area is 387 Å². The second-order valence-corrected chi connectivity index (χ2v) is 19.9. The number of carbonyl (C=O) groups excluding carboxylic acids is 3. The molecule has 368 valence electrons. The average molecular weight is 877 g/mol. The molecule has 0 aliphatic carbocycles. The van der Waals surface area contributed by atoms with E-state index in [0.717, 1.165) is 69.6 Å². The van der Waals surface area contributed by atoms with Crippen LogP contribution < -0.4 is 0 Å². The quantitative estimate of drug-likeness (QED) is 0.0344. The van der Waals surface area contributed by atoms with E-state index >= 15 is 0 Å². The Hall–Kier alpha value is -1.59. The van der Waals surface area contributed by atoms with E-state index in [0.29, 0.717) is 19.3 Å². The number of hydrogen-bond donors (Lipinski definition) is 0. The number of hydrogen-bond acceptors (Lipinski definition) is 6. The second kappa shape index (κ2) is 48.9. The Kier molecular flexibility index (Phi) is 47.6. The molecule has 1 unspecified atom stereocenters. The average Bonchev–Trinajstić information content (AvgIpc) is 3.26. The van der Waals surface area contributed by atoms with Crippen molar-refractivity contribution in [3.05, 3.63) is 0 Å². The zero-order valence-electron chi connectivity index (χ0n) is 42.5. The van der Waals surface area contributed by atoms with Gasteiger partial charge >= 0.3 is 17.9 Å². The minimum absolute atomic E-state index is 0.0636. The third-order valence-electron chi connectivity index (χ3n) is 13.1. The smallest absolute Gasteiger partial charge is 0.306 e. The Bertz CT molecular complexity index is 949. The molecule has 0 radical (unpaired) electrons. The van der Waals surface area contributed by atoms with Gasteiger partial charge in [0.25, 0.3) is 0 Å². The summed E-state index contributed by atoms with van der Waals surface area (Å²) < 4.78 is 16.8. The number of ether oxygens (including phenoxy) is 3. The van der Waals surface area contributed by atoms with Crippen molar-refractivity contribution < 1.29 is 28.6 Å². The van der Waals surface area contributed by atoms with Crippen LogP contribution in [0.4, 0.5) is 0 Å². The zero-order chi connectivity index (χ0) is 45.4. The summed E-state index contributed by atoms with van der Waals surface area (Å²) >= 11 is 0. The second-order valence-electron chi connectivity index (χ2n) is 19.9. The molecule has 0 aromatic rings. The molecule has 0 spiro atoms. The molecule has 0 heterocycles. The van der Waals surface area contributed by atoms with Gasteiger partial charge in [-0.25, -0.2) is 0 Å². The molecule has 62 heavy (non-hydrogen) atoms. The van der Waals surface area contributed by atoms with Gasteiger partial charge in [0.05, 0.1) is 0 Å². The van der Waals surface area contributed by atoms with Crippen molar-refractivity contribution in [2.45, 2.75) is 317 Å². The topological polar surface area (TPSA) is 78.9 Å². The highest BCUT2D eigenvalue weighted by molar-refractivity contribution is 5.71. The molecule has 0 rings (SSSR count). The molecule has 0 aliphatic heterocycles. The summed E-state index contributed by atoms with van der Waals surface area (Å²) in [6, 6.07) is 0. The first-order valence-corrected chi connectivity index (χ1v) is 27.8. The van der Waals surface area contributed by atoms with E-state index in [2.05, 4.69) is 34.6 Å². The lowest BCUT2D eigenvalue weighted by atomic mass is 9.99. The fraction of sp³-hybridized carbons (Fsp3) is 0.946.